The van der Waals surface area contributed by atoms with Crippen LogP contribution in [0.25, 0.3) is 0 Å². The number of ether oxygens (including phenoxy) is 3. The van der Waals surface area contributed by atoms with Crippen LogP contribution in [0.1, 0.15) is 52.9 Å². The van der Waals surface area contributed by atoms with Gasteiger partial charge in [0.25, 0.3) is 0 Å². The SMILES string of the molecule is CCCC1CC2C(COCC)CCC3C=COC4OC1(C)OOC342. The molecule has 1 spiro atoms. The molecule has 0 radical (unpaired) electrons. The van der Waals surface area contributed by atoms with Crippen LogP contribution in [0.2, 0.25) is 0 Å². The van der Waals surface area contributed by atoms with Gasteiger partial charge in [0.2, 0.25) is 12.1 Å². The van der Waals surface area contributed by atoms with Crippen LogP contribution in [0, 0.1) is 23.7 Å². The zero-order valence-corrected chi connectivity index (χ0v) is 15.0. The van der Waals surface area contributed by atoms with Crippen molar-refractivity contribution in [2.24, 2.45) is 23.7 Å². The van der Waals surface area contributed by atoms with E-state index in [1.165, 1.54) is 0 Å². The van der Waals surface area contributed by atoms with Crippen molar-refractivity contribution in [1.29, 1.82) is 0 Å². The van der Waals surface area contributed by atoms with Gasteiger partial charge in [-0.15, -0.1) is 0 Å². The van der Waals surface area contributed by atoms with E-state index in [0.717, 1.165) is 45.3 Å². The molecule has 0 N–H and O–H groups in total. The Hall–Kier alpha value is -0.620. The smallest absolute Gasteiger partial charge is 0.235 e. The third-order valence-electron chi connectivity index (χ3n) is 6.60. The monoisotopic (exact) mass is 338 g/mol. The standard InChI is InChI=1S/C19H30O5/c1-4-6-15-11-16-13(12-20-5-2)7-8-14-9-10-21-17-19(14,16)24-23-18(15,3)22-17/h9-10,13-17H,4-8,11-12H2,1-3H3. The molecule has 1 aliphatic carbocycles. The fourth-order valence-electron chi connectivity index (χ4n) is 5.31. The van der Waals surface area contributed by atoms with Gasteiger partial charge in [0.15, 0.2) is 5.60 Å². The van der Waals surface area contributed by atoms with E-state index in [1.807, 2.05) is 6.92 Å². The number of fused-ring (bicyclic) bond motifs is 2. The van der Waals surface area contributed by atoms with E-state index >= 15 is 0 Å². The lowest BCUT2D eigenvalue weighted by Gasteiger charge is -2.55. The second kappa shape index (κ2) is 6.27. The quantitative estimate of drug-likeness (QED) is 0.714. The Morgan fingerprint density at radius 3 is 2.88 bits per heavy atom. The van der Waals surface area contributed by atoms with Crippen molar-refractivity contribution >= 4 is 0 Å². The van der Waals surface area contributed by atoms with Gasteiger partial charge in [-0.1, -0.05) is 13.3 Å². The number of hydrogen-bond acceptors (Lipinski definition) is 5. The first-order chi connectivity index (χ1) is 11.6. The normalized spacial score (nSPS) is 49.4. The minimum absolute atomic E-state index is 0.282. The van der Waals surface area contributed by atoms with Crippen molar-refractivity contribution in [2.45, 2.75) is 70.6 Å². The molecule has 5 nitrogen and oxygen atoms in total. The molecule has 5 heteroatoms. The van der Waals surface area contributed by atoms with Crippen LogP contribution in [-0.2, 0) is 24.0 Å². The van der Waals surface area contributed by atoms with Crippen LogP contribution < -0.4 is 0 Å². The maximum Gasteiger partial charge on any atom is 0.235 e. The first-order valence-electron chi connectivity index (χ1n) is 9.58. The average molecular weight is 338 g/mol. The molecule has 4 fully saturated rings. The van der Waals surface area contributed by atoms with E-state index in [2.05, 4.69) is 19.9 Å². The minimum atomic E-state index is -0.727. The van der Waals surface area contributed by atoms with E-state index in [-0.39, 0.29) is 12.2 Å². The van der Waals surface area contributed by atoms with Gasteiger partial charge in [-0.3, -0.25) is 0 Å². The summed E-state index contributed by atoms with van der Waals surface area (Å²) in [5.74, 6) is 0.659. The third kappa shape index (κ3) is 2.36. The van der Waals surface area contributed by atoms with Crippen LogP contribution in [0.15, 0.2) is 12.3 Å². The largest absolute Gasteiger partial charge is 0.469 e. The molecule has 0 aromatic heterocycles. The van der Waals surface area contributed by atoms with E-state index in [1.54, 1.807) is 6.26 Å². The summed E-state index contributed by atoms with van der Waals surface area (Å²) < 4.78 is 18.1. The topological polar surface area (TPSA) is 46.2 Å². The van der Waals surface area contributed by atoms with E-state index in [4.69, 9.17) is 24.0 Å². The second-order valence-electron chi connectivity index (χ2n) is 7.88. The van der Waals surface area contributed by atoms with Crippen LogP contribution in [0.3, 0.4) is 0 Å². The predicted molar refractivity (Wildman–Crippen MR) is 87.6 cm³/mol. The predicted octanol–water partition coefficient (Wildman–Crippen LogP) is 3.79. The Kier molecular flexibility index (Phi) is 4.40. The van der Waals surface area contributed by atoms with Crippen LogP contribution in [0.5, 0.6) is 0 Å². The van der Waals surface area contributed by atoms with Crippen molar-refractivity contribution in [1.82, 2.24) is 0 Å². The average Bonchev–Trinajstić information content (AvgIpc) is 2.77. The molecule has 24 heavy (non-hydrogen) atoms. The highest BCUT2D eigenvalue weighted by molar-refractivity contribution is 5.14. The molecule has 7 atom stereocenters. The van der Waals surface area contributed by atoms with E-state index in [0.29, 0.717) is 17.8 Å². The lowest BCUT2D eigenvalue weighted by atomic mass is 9.60. The Labute approximate surface area is 144 Å². The lowest BCUT2D eigenvalue weighted by molar-refractivity contribution is -0.560. The van der Waals surface area contributed by atoms with Gasteiger partial charge in [0.1, 0.15) is 0 Å². The van der Waals surface area contributed by atoms with E-state index in [9.17, 15) is 0 Å². The maximum atomic E-state index is 6.39. The summed E-state index contributed by atoms with van der Waals surface area (Å²) in [6, 6.07) is 0. The van der Waals surface area contributed by atoms with Crippen molar-refractivity contribution in [2.75, 3.05) is 13.2 Å². The van der Waals surface area contributed by atoms with Crippen LogP contribution in [0.4, 0.5) is 0 Å². The Balaban J connectivity index is 1.72. The van der Waals surface area contributed by atoms with Gasteiger partial charge >= 0.3 is 0 Å². The molecule has 1 saturated carbocycles. The zero-order chi connectivity index (χ0) is 16.8. The molecule has 7 unspecified atom stereocenters. The number of rotatable bonds is 5. The van der Waals surface area contributed by atoms with Crippen molar-refractivity contribution < 1.29 is 24.0 Å². The van der Waals surface area contributed by atoms with Crippen molar-refractivity contribution in [3.05, 3.63) is 12.3 Å². The molecule has 2 bridgehead atoms. The highest BCUT2D eigenvalue weighted by atomic mass is 17.3. The molecule has 136 valence electrons. The van der Waals surface area contributed by atoms with Crippen molar-refractivity contribution in [3.8, 4) is 0 Å². The minimum Gasteiger partial charge on any atom is -0.469 e. The highest BCUT2D eigenvalue weighted by Gasteiger charge is 2.68. The first kappa shape index (κ1) is 16.8. The molecule has 4 aliphatic heterocycles. The van der Waals surface area contributed by atoms with Crippen LogP contribution in [-0.4, -0.2) is 30.9 Å². The number of hydrogen-bond donors (Lipinski definition) is 0. The van der Waals surface area contributed by atoms with Crippen LogP contribution >= 0.6 is 0 Å². The summed E-state index contributed by atoms with van der Waals surface area (Å²) >= 11 is 0. The molecule has 5 aliphatic rings. The Morgan fingerprint density at radius 2 is 2.08 bits per heavy atom. The Bertz CT molecular complexity index is 494. The molecular formula is C19H30O5. The van der Waals surface area contributed by atoms with Gasteiger partial charge in [-0.25, -0.2) is 9.78 Å². The molecule has 0 aromatic rings. The molecular weight excluding hydrogens is 308 g/mol. The second-order valence-corrected chi connectivity index (χ2v) is 7.88. The maximum absolute atomic E-state index is 6.39. The summed E-state index contributed by atoms with van der Waals surface area (Å²) in [5, 5.41) is 0. The molecule has 4 heterocycles. The Morgan fingerprint density at radius 1 is 1.21 bits per heavy atom. The van der Waals surface area contributed by atoms with Gasteiger partial charge in [0.05, 0.1) is 6.26 Å². The van der Waals surface area contributed by atoms with Gasteiger partial charge < -0.3 is 14.2 Å². The fraction of sp³-hybridized carbons (Fsp3) is 0.895. The zero-order valence-electron chi connectivity index (χ0n) is 15.0. The third-order valence-corrected chi connectivity index (χ3v) is 6.60. The van der Waals surface area contributed by atoms with E-state index < -0.39 is 11.4 Å². The summed E-state index contributed by atoms with van der Waals surface area (Å²) in [5.41, 5.74) is -0.531. The van der Waals surface area contributed by atoms with Gasteiger partial charge in [-0.2, -0.15) is 0 Å². The summed E-state index contributed by atoms with van der Waals surface area (Å²) in [6.07, 6.45) is 8.99. The fourth-order valence-corrected chi connectivity index (χ4v) is 5.31. The molecule has 0 amide bonds. The summed E-state index contributed by atoms with van der Waals surface area (Å²) in [4.78, 5) is 12.1. The molecule has 0 aromatic carbocycles. The van der Waals surface area contributed by atoms with Gasteiger partial charge in [0, 0.05) is 31.0 Å². The van der Waals surface area contributed by atoms with Crippen molar-refractivity contribution in [3.63, 3.8) is 0 Å². The summed E-state index contributed by atoms with van der Waals surface area (Å²) in [7, 11) is 0. The summed E-state index contributed by atoms with van der Waals surface area (Å²) in [6.45, 7) is 7.81. The highest BCUT2D eigenvalue weighted by Crippen LogP contribution is 2.59. The lowest BCUT2D eigenvalue weighted by Crippen LogP contribution is -2.66. The molecule has 3 saturated heterocycles. The van der Waals surface area contributed by atoms with Gasteiger partial charge in [-0.05, 0) is 51.5 Å². The molecule has 5 rings (SSSR count). The first-order valence-corrected chi connectivity index (χ1v) is 9.58.